The number of hydrogen-bond donors (Lipinski definition) is 1. The Morgan fingerprint density at radius 1 is 1.45 bits per heavy atom. The lowest BCUT2D eigenvalue weighted by Crippen LogP contribution is -2.27. The molecule has 2 N–H and O–H groups in total. The molecule has 1 aromatic heterocycles. The molecule has 20 heavy (non-hydrogen) atoms. The lowest BCUT2D eigenvalue weighted by molar-refractivity contribution is 0.0785. The molecule has 0 aliphatic rings. The molecule has 0 saturated heterocycles. The summed E-state index contributed by atoms with van der Waals surface area (Å²) in [5.74, 6) is -0.0656. The van der Waals surface area contributed by atoms with E-state index in [1.54, 1.807) is 14.0 Å². The molecule has 1 heterocycles. The molecular weight excluding hydrogens is 261 g/mol. The molecule has 0 spiro atoms. The summed E-state index contributed by atoms with van der Waals surface area (Å²) >= 11 is 0. The van der Waals surface area contributed by atoms with Gasteiger partial charge in [0.05, 0.1) is 17.8 Å². The predicted molar refractivity (Wildman–Crippen MR) is 72.6 cm³/mol. The van der Waals surface area contributed by atoms with Gasteiger partial charge in [-0.3, -0.25) is 4.79 Å². The van der Waals surface area contributed by atoms with Crippen LogP contribution in [0, 0.1) is 19.7 Å². The first-order valence-electron chi connectivity index (χ1n) is 6.12. The highest BCUT2D eigenvalue weighted by atomic mass is 19.1. The fourth-order valence-electron chi connectivity index (χ4n) is 1.97. The minimum Gasteiger partial charge on any atom is -0.398 e. The van der Waals surface area contributed by atoms with E-state index in [0.717, 1.165) is 17.3 Å². The molecule has 2 rings (SSSR count). The fraction of sp³-hybridized carbons (Fsp3) is 0.286. The molecule has 1 amide bonds. The van der Waals surface area contributed by atoms with E-state index in [4.69, 9.17) is 10.3 Å². The summed E-state index contributed by atoms with van der Waals surface area (Å²) in [4.78, 5) is 13.8. The number of benzene rings is 1. The minimum absolute atomic E-state index is 0.126. The minimum atomic E-state index is -0.465. The Balaban J connectivity index is 2.21. The zero-order valence-electron chi connectivity index (χ0n) is 11.6. The van der Waals surface area contributed by atoms with E-state index < -0.39 is 5.82 Å². The molecule has 1 aromatic carbocycles. The number of nitrogens with zero attached hydrogens (tertiary/aromatic N) is 2. The van der Waals surface area contributed by atoms with Crippen LogP contribution in [0.1, 0.15) is 27.4 Å². The Hall–Kier alpha value is -2.37. The zero-order valence-corrected chi connectivity index (χ0v) is 11.6. The molecule has 0 fully saturated rings. The number of halogens is 1. The highest BCUT2D eigenvalue weighted by molar-refractivity contribution is 5.98. The molecular formula is C14H16FN3O2. The third-order valence-electron chi connectivity index (χ3n) is 3.17. The van der Waals surface area contributed by atoms with Gasteiger partial charge in [0.2, 0.25) is 0 Å². The third kappa shape index (κ3) is 2.64. The number of hydrogen-bond acceptors (Lipinski definition) is 4. The first-order valence-corrected chi connectivity index (χ1v) is 6.12. The van der Waals surface area contributed by atoms with Crippen molar-refractivity contribution in [1.82, 2.24) is 10.1 Å². The van der Waals surface area contributed by atoms with Crippen molar-refractivity contribution in [2.24, 2.45) is 0 Å². The standard InChI is InChI=1S/C14H16FN3O2/c1-8-12(9(2)20-17-8)7-18(3)14(19)11-5-4-10(15)6-13(11)16/h4-6H,7,16H2,1-3H3. The first kappa shape index (κ1) is 14.0. The van der Waals surface area contributed by atoms with Crippen LogP contribution in [0.25, 0.3) is 0 Å². The van der Waals surface area contributed by atoms with Crippen molar-refractivity contribution in [3.8, 4) is 0 Å². The average Bonchev–Trinajstić information content (AvgIpc) is 2.70. The first-order chi connectivity index (χ1) is 9.40. The molecule has 0 saturated carbocycles. The second-order valence-electron chi connectivity index (χ2n) is 4.70. The van der Waals surface area contributed by atoms with Crippen molar-refractivity contribution in [3.05, 3.63) is 46.6 Å². The van der Waals surface area contributed by atoms with Crippen molar-refractivity contribution in [1.29, 1.82) is 0 Å². The summed E-state index contributed by atoms with van der Waals surface area (Å²) in [5, 5.41) is 3.84. The molecule has 2 aromatic rings. The SMILES string of the molecule is Cc1noc(C)c1CN(C)C(=O)c1ccc(F)cc1N. The van der Waals surface area contributed by atoms with Crippen molar-refractivity contribution in [3.63, 3.8) is 0 Å². The second-order valence-corrected chi connectivity index (χ2v) is 4.70. The van der Waals surface area contributed by atoms with Crippen LogP contribution < -0.4 is 5.73 Å². The third-order valence-corrected chi connectivity index (χ3v) is 3.17. The van der Waals surface area contributed by atoms with E-state index in [1.165, 1.54) is 17.0 Å². The number of nitrogens with two attached hydrogens (primary N) is 1. The number of aromatic nitrogens is 1. The van der Waals surface area contributed by atoms with Gasteiger partial charge in [-0.15, -0.1) is 0 Å². The number of amides is 1. The number of rotatable bonds is 3. The second kappa shape index (κ2) is 5.32. The normalized spacial score (nSPS) is 10.6. The molecule has 0 atom stereocenters. The van der Waals surface area contributed by atoms with Crippen molar-refractivity contribution < 1.29 is 13.7 Å². The molecule has 106 valence electrons. The summed E-state index contributed by atoms with van der Waals surface area (Å²) in [6.07, 6.45) is 0. The largest absolute Gasteiger partial charge is 0.398 e. The van der Waals surface area contributed by atoms with Crippen molar-refractivity contribution in [2.75, 3.05) is 12.8 Å². The van der Waals surface area contributed by atoms with Crippen LogP contribution in [0.3, 0.4) is 0 Å². The van der Waals surface area contributed by atoms with Gasteiger partial charge in [-0.2, -0.15) is 0 Å². The Labute approximate surface area is 116 Å². The summed E-state index contributed by atoms with van der Waals surface area (Å²) in [7, 11) is 1.65. The van der Waals surface area contributed by atoms with Gasteiger partial charge >= 0.3 is 0 Å². The summed E-state index contributed by atoms with van der Waals surface area (Å²) < 4.78 is 18.1. The monoisotopic (exact) mass is 277 g/mol. The lowest BCUT2D eigenvalue weighted by Gasteiger charge is -2.18. The smallest absolute Gasteiger partial charge is 0.255 e. The quantitative estimate of drug-likeness (QED) is 0.874. The summed E-state index contributed by atoms with van der Waals surface area (Å²) in [5.41, 5.74) is 7.69. The van der Waals surface area contributed by atoms with Gasteiger partial charge in [0.15, 0.2) is 0 Å². The van der Waals surface area contributed by atoms with Crippen LogP contribution >= 0.6 is 0 Å². The molecule has 5 nitrogen and oxygen atoms in total. The molecule has 0 aliphatic carbocycles. The van der Waals surface area contributed by atoms with Crippen molar-refractivity contribution in [2.45, 2.75) is 20.4 Å². The predicted octanol–water partition coefficient (Wildman–Crippen LogP) is 2.28. The Morgan fingerprint density at radius 3 is 2.70 bits per heavy atom. The Bertz CT molecular complexity index is 632. The summed E-state index contributed by atoms with van der Waals surface area (Å²) in [6, 6.07) is 3.74. The fourth-order valence-corrected chi connectivity index (χ4v) is 1.97. The van der Waals surface area contributed by atoms with Crippen LogP contribution in [0.5, 0.6) is 0 Å². The zero-order chi connectivity index (χ0) is 14.9. The van der Waals surface area contributed by atoms with Gasteiger partial charge in [0.1, 0.15) is 11.6 Å². The van der Waals surface area contributed by atoms with Gasteiger partial charge in [-0.25, -0.2) is 4.39 Å². The Kier molecular flexibility index (Phi) is 3.74. The molecule has 0 unspecified atom stereocenters. The van der Waals surface area contributed by atoms with E-state index >= 15 is 0 Å². The van der Waals surface area contributed by atoms with Crippen molar-refractivity contribution >= 4 is 11.6 Å². The number of carbonyl (C=O) groups excluding carboxylic acids is 1. The van der Waals surface area contributed by atoms with Crippen LogP contribution in [-0.2, 0) is 6.54 Å². The van der Waals surface area contributed by atoms with Gasteiger partial charge in [-0.05, 0) is 32.0 Å². The number of nitrogen functional groups attached to an aromatic ring is 1. The van der Waals surface area contributed by atoms with Gasteiger partial charge in [0.25, 0.3) is 5.91 Å². The number of anilines is 1. The van der Waals surface area contributed by atoms with Crippen LogP contribution in [0.4, 0.5) is 10.1 Å². The molecule has 0 bridgehead atoms. The van der Waals surface area contributed by atoms with Crippen LogP contribution in [0.15, 0.2) is 22.7 Å². The highest BCUT2D eigenvalue weighted by Crippen LogP contribution is 2.19. The van der Waals surface area contributed by atoms with Crippen LogP contribution in [-0.4, -0.2) is 23.0 Å². The topological polar surface area (TPSA) is 72.4 Å². The number of aryl methyl sites for hydroxylation is 2. The molecule has 0 radical (unpaired) electrons. The lowest BCUT2D eigenvalue weighted by atomic mass is 10.1. The van der Waals surface area contributed by atoms with Gasteiger partial charge < -0.3 is 15.2 Å². The summed E-state index contributed by atoms with van der Waals surface area (Å²) in [6.45, 7) is 3.97. The average molecular weight is 277 g/mol. The van der Waals surface area contributed by atoms with Crippen LogP contribution in [0.2, 0.25) is 0 Å². The van der Waals surface area contributed by atoms with E-state index in [9.17, 15) is 9.18 Å². The molecule has 6 heteroatoms. The maximum atomic E-state index is 13.0. The maximum Gasteiger partial charge on any atom is 0.255 e. The van der Waals surface area contributed by atoms with E-state index in [2.05, 4.69) is 5.16 Å². The van der Waals surface area contributed by atoms with Gasteiger partial charge in [0, 0.05) is 18.3 Å². The highest BCUT2D eigenvalue weighted by Gasteiger charge is 2.18. The molecule has 0 aliphatic heterocycles. The Morgan fingerprint density at radius 2 is 2.15 bits per heavy atom. The van der Waals surface area contributed by atoms with E-state index in [0.29, 0.717) is 12.3 Å². The number of carbonyl (C=O) groups is 1. The maximum absolute atomic E-state index is 13.0. The van der Waals surface area contributed by atoms with E-state index in [-0.39, 0.29) is 17.2 Å². The van der Waals surface area contributed by atoms with Gasteiger partial charge in [-0.1, -0.05) is 5.16 Å². The van der Waals surface area contributed by atoms with E-state index in [1.807, 2.05) is 6.92 Å².